The Kier molecular flexibility index (Phi) is 4.16. The molecule has 7 nitrogen and oxygen atoms in total. The number of aromatic nitrogens is 5. The summed E-state index contributed by atoms with van der Waals surface area (Å²) in [6.45, 7) is 6.61. The molecule has 20 heavy (non-hydrogen) atoms. The molecule has 0 aliphatic carbocycles. The maximum absolute atomic E-state index is 11.9. The summed E-state index contributed by atoms with van der Waals surface area (Å²) in [4.78, 5) is 23.2. The number of carbonyl (C=O) groups excluding carboxylic acids is 1. The van der Waals surface area contributed by atoms with Crippen LogP contribution in [0.25, 0.3) is 0 Å². The monoisotopic (exact) mass is 276 g/mol. The van der Waals surface area contributed by atoms with E-state index in [1.165, 1.54) is 0 Å². The minimum Gasteiger partial charge on any atom is -0.349 e. The molecule has 7 heteroatoms. The Hall–Kier alpha value is -2.18. The highest BCUT2D eigenvalue weighted by molar-refractivity contribution is 5.90. The van der Waals surface area contributed by atoms with Crippen molar-refractivity contribution in [1.29, 1.82) is 0 Å². The fourth-order valence-corrected chi connectivity index (χ4v) is 1.67. The predicted molar refractivity (Wildman–Crippen MR) is 74.3 cm³/mol. The Morgan fingerprint density at radius 1 is 1.40 bits per heavy atom. The molecule has 0 saturated carbocycles. The summed E-state index contributed by atoms with van der Waals surface area (Å²) in [6, 6.07) is 0. The molecular weight excluding hydrogens is 256 g/mol. The number of amides is 1. The topological polar surface area (TPSA) is 99.3 Å². The van der Waals surface area contributed by atoms with Gasteiger partial charge >= 0.3 is 0 Å². The Morgan fingerprint density at radius 2 is 2.20 bits per heavy atom. The number of hydrogen-bond donors (Lipinski definition) is 3. The number of aromatic amines is 2. The molecule has 2 rings (SSSR count). The molecule has 108 valence electrons. The van der Waals surface area contributed by atoms with Gasteiger partial charge in [0.15, 0.2) is 0 Å². The summed E-state index contributed by atoms with van der Waals surface area (Å²) in [6.07, 6.45) is 5.12. The van der Waals surface area contributed by atoms with Crippen molar-refractivity contribution in [2.24, 2.45) is 0 Å². The van der Waals surface area contributed by atoms with Crippen LogP contribution in [-0.4, -0.2) is 37.6 Å². The molecule has 0 spiro atoms. The lowest BCUT2D eigenvalue weighted by atomic mass is 9.96. The highest BCUT2D eigenvalue weighted by Gasteiger charge is 2.20. The predicted octanol–water partition coefficient (Wildman–Crippen LogP) is 1.19. The van der Waals surface area contributed by atoms with Crippen molar-refractivity contribution in [3.63, 3.8) is 0 Å². The SMILES string of the molecule is CC(C)(C)c1nc(C(=O)NCCCc2ncc[nH]2)n[nH]1. The number of imidazole rings is 1. The van der Waals surface area contributed by atoms with E-state index in [4.69, 9.17) is 0 Å². The molecule has 0 radical (unpaired) electrons. The second kappa shape index (κ2) is 5.85. The second-order valence-corrected chi connectivity index (χ2v) is 5.65. The van der Waals surface area contributed by atoms with E-state index in [0.29, 0.717) is 12.4 Å². The third kappa shape index (κ3) is 3.66. The van der Waals surface area contributed by atoms with Crippen LogP contribution in [0.2, 0.25) is 0 Å². The van der Waals surface area contributed by atoms with Crippen molar-refractivity contribution in [3.8, 4) is 0 Å². The standard InChI is InChI=1S/C13H20N6O/c1-13(2,3)12-17-10(18-19-12)11(20)16-6-4-5-9-14-7-8-15-9/h7-8H,4-6H2,1-3H3,(H,14,15)(H,16,20)(H,17,18,19). The van der Waals surface area contributed by atoms with E-state index >= 15 is 0 Å². The van der Waals surface area contributed by atoms with Gasteiger partial charge in [-0.3, -0.25) is 9.89 Å². The van der Waals surface area contributed by atoms with Crippen molar-refractivity contribution in [1.82, 2.24) is 30.5 Å². The number of nitrogens with zero attached hydrogens (tertiary/aromatic N) is 3. The fourth-order valence-electron chi connectivity index (χ4n) is 1.67. The lowest BCUT2D eigenvalue weighted by molar-refractivity contribution is 0.0943. The first-order chi connectivity index (χ1) is 9.47. The van der Waals surface area contributed by atoms with E-state index in [1.807, 2.05) is 20.8 Å². The van der Waals surface area contributed by atoms with E-state index in [1.54, 1.807) is 12.4 Å². The summed E-state index contributed by atoms with van der Waals surface area (Å²) >= 11 is 0. The van der Waals surface area contributed by atoms with Gasteiger partial charge in [0.2, 0.25) is 5.82 Å². The quantitative estimate of drug-likeness (QED) is 0.714. The molecule has 0 saturated heterocycles. The Morgan fingerprint density at radius 3 is 2.80 bits per heavy atom. The Labute approximate surface area is 117 Å². The molecule has 2 aromatic heterocycles. The molecule has 0 aliphatic heterocycles. The average Bonchev–Trinajstić information content (AvgIpc) is 3.04. The first kappa shape index (κ1) is 14.2. The highest BCUT2D eigenvalue weighted by Crippen LogP contribution is 2.17. The van der Waals surface area contributed by atoms with E-state index in [9.17, 15) is 4.79 Å². The van der Waals surface area contributed by atoms with Gasteiger partial charge in [0, 0.05) is 30.8 Å². The summed E-state index contributed by atoms with van der Waals surface area (Å²) in [5, 5.41) is 9.55. The molecule has 2 aromatic rings. The minimum absolute atomic E-state index is 0.148. The molecule has 2 heterocycles. The van der Waals surface area contributed by atoms with E-state index < -0.39 is 0 Å². The molecule has 3 N–H and O–H groups in total. The zero-order valence-electron chi connectivity index (χ0n) is 12.0. The van der Waals surface area contributed by atoms with Crippen LogP contribution in [0.15, 0.2) is 12.4 Å². The fraction of sp³-hybridized carbons (Fsp3) is 0.538. The van der Waals surface area contributed by atoms with Crippen LogP contribution in [0.1, 0.15) is 49.5 Å². The van der Waals surface area contributed by atoms with Crippen LogP contribution in [0.3, 0.4) is 0 Å². The normalized spacial score (nSPS) is 11.6. The van der Waals surface area contributed by atoms with Gasteiger partial charge in [-0.1, -0.05) is 20.8 Å². The molecule has 0 atom stereocenters. The van der Waals surface area contributed by atoms with Crippen LogP contribution in [0.4, 0.5) is 0 Å². The van der Waals surface area contributed by atoms with Gasteiger partial charge in [-0.25, -0.2) is 9.97 Å². The van der Waals surface area contributed by atoms with Gasteiger partial charge in [-0.15, -0.1) is 5.10 Å². The van der Waals surface area contributed by atoms with Crippen molar-refractivity contribution < 1.29 is 4.79 Å². The second-order valence-electron chi connectivity index (χ2n) is 5.65. The van der Waals surface area contributed by atoms with Crippen LogP contribution in [0.5, 0.6) is 0 Å². The third-order valence-corrected chi connectivity index (χ3v) is 2.83. The lowest BCUT2D eigenvalue weighted by Crippen LogP contribution is -2.26. The number of hydrogen-bond acceptors (Lipinski definition) is 4. The van der Waals surface area contributed by atoms with Gasteiger partial charge in [0.25, 0.3) is 5.91 Å². The first-order valence-electron chi connectivity index (χ1n) is 6.66. The summed E-state index contributed by atoms with van der Waals surface area (Å²) in [7, 11) is 0. The molecule has 0 bridgehead atoms. The van der Waals surface area contributed by atoms with Crippen LogP contribution in [0, 0.1) is 0 Å². The Bertz CT molecular complexity index is 552. The van der Waals surface area contributed by atoms with Crippen molar-refractivity contribution in [2.75, 3.05) is 6.54 Å². The van der Waals surface area contributed by atoms with E-state index in [2.05, 4.69) is 30.5 Å². The van der Waals surface area contributed by atoms with Gasteiger partial charge in [-0.05, 0) is 6.42 Å². The van der Waals surface area contributed by atoms with Crippen molar-refractivity contribution >= 4 is 5.91 Å². The zero-order chi connectivity index (χ0) is 14.6. The van der Waals surface area contributed by atoms with Crippen LogP contribution < -0.4 is 5.32 Å². The molecule has 0 aliphatic rings. The molecule has 1 amide bonds. The van der Waals surface area contributed by atoms with Crippen LogP contribution in [-0.2, 0) is 11.8 Å². The van der Waals surface area contributed by atoms with Gasteiger partial charge in [-0.2, -0.15) is 0 Å². The molecule has 0 aromatic carbocycles. The average molecular weight is 276 g/mol. The number of carbonyl (C=O) groups is 1. The van der Waals surface area contributed by atoms with Gasteiger partial charge in [0.05, 0.1) is 0 Å². The maximum atomic E-state index is 11.9. The summed E-state index contributed by atoms with van der Waals surface area (Å²) < 4.78 is 0. The number of rotatable bonds is 5. The lowest BCUT2D eigenvalue weighted by Gasteiger charge is -2.12. The van der Waals surface area contributed by atoms with Crippen molar-refractivity contribution in [3.05, 3.63) is 29.9 Å². The van der Waals surface area contributed by atoms with Crippen LogP contribution >= 0.6 is 0 Å². The largest absolute Gasteiger partial charge is 0.349 e. The first-order valence-corrected chi connectivity index (χ1v) is 6.66. The smallest absolute Gasteiger partial charge is 0.290 e. The molecular formula is C13H20N6O. The number of H-pyrrole nitrogens is 2. The highest BCUT2D eigenvalue weighted by atomic mass is 16.2. The Balaban J connectivity index is 1.78. The summed E-state index contributed by atoms with van der Waals surface area (Å²) in [5.74, 6) is 1.56. The third-order valence-electron chi connectivity index (χ3n) is 2.83. The van der Waals surface area contributed by atoms with Crippen molar-refractivity contribution in [2.45, 2.75) is 39.0 Å². The maximum Gasteiger partial charge on any atom is 0.290 e. The summed E-state index contributed by atoms with van der Waals surface area (Å²) in [5.41, 5.74) is -0.148. The van der Waals surface area contributed by atoms with E-state index in [-0.39, 0.29) is 17.1 Å². The van der Waals surface area contributed by atoms with Gasteiger partial charge < -0.3 is 10.3 Å². The zero-order valence-corrected chi connectivity index (χ0v) is 12.0. The van der Waals surface area contributed by atoms with Gasteiger partial charge in [0.1, 0.15) is 11.6 Å². The van der Waals surface area contributed by atoms with E-state index in [0.717, 1.165) is 18.7 Å². The minimum atomic E-state index is -0.254. The number of aryl methyl sites for hydroxylation is 1. The number of nitrogens with one attached hydrogen (secondary N) is 3. The molecule has 0 fully saturated rings. The molecule has 0 unspecified atom stereocenters.